The summed E-state index contributed by atoms with van der Waals surface area (Å²) in [5, 5.41) is 14.0. The number of ether oxygens (including phenoxy) is 1. The van der Waals surface area contributed by atoms with Crippen molar-refractivity contribution in [3.63, 3.8) is 0 Å². The van der Waals surface area contributed by atoms with Crippen LogP contribution in [0.3, 0.4) is 0 Å². The molecule has 0 unspecified atom stereocenters. The van der Waals surface area contributed by atoms with Gasteiger partial charge in [-0.05, 0) is 39.3 Å². The van der Waals surface area contributed by atoms with Crippen molar-refractivity contribution in [3.05, 3.63) is 33.9 Å². The van der Waals surface area contributed by atoms with Crippen LogP contribution in [0.1, 0.15) is 39.2 Å². The van der Waals surface area contributed by atoms with Gasteiger partial charge in [-0.3, -0.25) is 19.8 Å². The molecule has 7 heteroatoms. The molecule has 0 aromatic heterocycles. The Labute approximate surface area is 142 Å². The highest BCUT2D eigenvalue weighted by Gasteiger charge is 2.22. The summed E-state index contributed by atoms with van der Waals surface area (Å²) in [5.41, 5.74) is 0.873. The van der Waals surface area contributed by atoms with Crippen LogP contribution in [-0.4, -0.2) is 41.0 Å². The Balaban J connectivity index is 2.15. The number of rotatable bonds is 6. The first-order chi connectivity index (χ1) is 11.3. The number of hydrogen-bond acceptors (Lipinski definition) is 5. The number of hydrogen-bond donors (Lipinski definition) is 1. The molecule has 1 atom stereocenters. The molecule has 1 aliphatic heterocycles. The second-order valence-corrected chi connectivity index (χ2v) is 6.49. The zero-order valence-electron chi connectivity index (χ0n) is 14.4. The summed E-state index contributed by atoms with van der Waals surface area (Å²) < 4.78 is 5.79. The van der Waals surface area contributed by atoms with Crippen LogP contribution in [0.25, 0.3) is 0 Å². The van der Waals surface area contributed by atoms with Gasteiger partial charge in [0.2, 0.25) is 5.91 Å². The summed E-state index contributed by atoms with van der Waals surface area (Å²) in [6.07, 6.45) is 1.94. The lowest BCUT2D eigenvalue weighted by Crippen LogP contribution is -2.46. The molecular formula is C17H25N3O4. The molecule has 1 saturated heterocycles. The monoisotopic (exact) mass is 335 g/mol. The molecule has 24 heavy (non-hydrogen) atoms. The minimum atomic E-state index is -0.390. The minimum absolute atomic E-state index is 0.00121. The Morgan fingerprint density at radius 1 is 1.50 bits per heavy atom. The Morgan fingerprint density at radius 3 is 2.88 bits per heavy atom. The van der Waals surface area contributed by atoms with E-state index in [0.29, 0.717) is 12.3 Å². The topological polar surface area (TPSA) is 84.7 Å². The van der Waals surface area contributed by atoms with Crippen LogP contribution < -0.4 is 10.1 Å². The van der Waals surface area contributed by atoms with Crippen molar-refractivity contribution in [2.75, 3.05) is 13.1 Å². The summed E-state index contributed by atoms with van der Waals surface area (Å²) >= 11 is 0. The lowest BCUT2D eigenvalue weighted by Gasteiger charge is -2.33. The summed E-state index contributed by atoms with van der Waals surface area (Å²) in [5.74, 6) is 0.651. The fourth-order valence-corrected chi connectivity index (χ4v) is 3.02. The molecular weight excluding hydrogens is 310 g/mol. The molecule has 1 aromatic rings. The lowest BCUT2D eigenvalue weighted by atomic mass is 10.0. The first-order valence-electron chi connectivity index (χ1n) is 8.28. The molecule has 2 rings (SSSR count). The van der Waals surface area contributed by atoms with Crippen molar-refractivity contribution >= 4 is 11.6 Å². The standard InChI is InChI=1S/C17H25N3O4/c1-12(2)24-17-7-6-16(20(22)23)9-14(17)10-19-8-4-5-15(11-19)18-13(3)21/h6-7,9,12,15H,4-5,8,10-11H2,1-3H3,(H,18,21)/t15-/m0/s1. The van der Waals surface area contributed by atoms with Crippen LogP contribution in [0, 0.1) is 10.1 Å². The molecule has 132 valence electrons. The van der Waals surface area contributed by atoms with Gasteiger partial charge in [0.05, 0.1) is 11.0 Å². The van der Waals surface area contributed by atoms with Gasteiger partial charge < -0.3 is 10.1 Å². The van der Waals surface area contributed by atoms with Crippen LogP contribution in [0.5, 0.6) is 5.75 Å². The second kappa shape index (κ2) is 8.10. The number of non-ortho nitro benzene ring substituents is 1. The summed E-state index contributed by atoms with van der Waals surface area (Å²) in [6.45, 7) is 7.59. The van der Waals surface area contributed by atoms with Crippen molar-refractivity contribution in [1.29, 1.82) is 0 Å². The Hall–Kier alpha value is -2.15. The summed E-state index contributed by atoms with van der Waals surface area (Å²) in [7, 11) is 0. The van der Waals surface area contributed by atoms with E-state index in [1.807, 2.05) is 13.8 Å². The van der Waals surface area contributed by atoms with Gasteiger partial charge in [-0.25, -0.2) is 0 Å². The third kappa shape index (κ3) is 5.19. The first kappa shape index (κ1) is 18.2. The molecule has 1 N–H and O–H groups in total. The van der Waals surface area contributed by atoms with Crippen LogP contribution in [0.2, 0.25) is 0 Å². The van der Waals surface area contributed by atoms with Crippen LogP contribution in [0.15, 0.2) is 18.2 Å². The maximum atomic E-state index is 11.2. The highest BCUT2D eigenvalue weighted by Crippen LogP contribution is 2.27. The van der Waals surface area contributed by atoms with E-state index in [-0.39, 0.29) is 28.7 Å². The van der Waals surface area contributed by atoms with Gasteiger partial charge in [-0.2, -0.15) is 0 Å². The zero-order valence-corrected chi connectivity index (χ0v) is 14.4. The van der Waals surface area contributed by atoms with Crippen molar-refractivity contribution in [2.24, 2.45) is 0 Å². The Kier molecular flexibility index (Phi) is 6.14. The second-order valence-electron chi connectivity index (χ2n) is 6.49. The van der Waals surface area contributed by atoms with Crippen LogP contribution in [-0.2, 0) is 11.3 Å². The molecule has 0 aliphatic carbocycles. The smallest absolute Gasteiger partial charge is 0.270 e. The molecule has 1 amide bonds. The van der Waals surface area contributed by atoms with E-state index in [1.165, 1.54) is 13.0 Å². The van der Waals surface area contributed by atoms with Crippen molar-refractivity contribution in [1.82, 2.24) is 10.2 Å². The van der Waals surface area contributed by atoms with Gasteiger partial charge >= 0.3 is 0 Å². The van der Waals surface area contributed by atoms with Gasteiger partial charge in [0, 0.05) is 43.8 Å². The Morgan fingerprint density at radius 2 is 2.25 bits per heavy atom. The number of carbonyl (C=O) groups excluding carboxylic acids is 1. The lowest BCUT2D eigenvalue weighted by molar-refractivity contribution is -0.385. The maximum absolute atomic E-state index is 11.2. The van der Waals surface area contributed by atoms with E-state index in [9.17, 15) is 14.9 Å². The van der Waals surface area contributed by atoms with Crippen molar-refractivity contribution in [2.45, 2.75) is 52.3 Å². The van der Waals surface area contributed by atoms with Crippen molar-refractivity contribution < 1.29 is 14.5 Å². The van der Waals surface area contributed by atoms with E-state index in [1.54, 1.807) is 12.1 Å². The normalized spacial score (nSPS) is 18.4. The van der Waals surface area contributed by atoms with E-state index >= 15 is 0 Å². The molecule has 1 heterocycles. The fraction of sp³-hybridized carbons (Fsp3) is 0.588. The highest BCUT2D eigenvalue weighted by atomic mass is 16.6. The Bertz CT molecular complexity index is 603. The van der Waals surface area contributed by atoms with Crippen molar-refractivity contribution in [3.8, 4) is 5.75 Å². The number of nitro groups is 1. The average molecular weight is 335 g/mol. The number of piperidine rings is 1. The fourth-order valence-electron chi connectivity index (χ4n) is 3.02. The number of benzene rings is 1. The number of nitrogens with zero attached hydrogens (tertiary/aromatic N) is 2. The number of nitro benzene ring substituents is 1. The largest absolute Gasteiger partial charge is 0.491 e. The minimum Gasteiger partial charge on any atom is -0.491 e. The van der Waals surface area contributed by atoms with Gasteiger partial charge in [0.25, 0.3) is 5.69 Å². The number of carbonyl (C=O) groups is 1. The molecule has 7 nitrogen and oxygen atoms in total. The van der Waals surface area contributed by atoms with Crippen LogP contribution >= 0.6 is 0 Å². The maximum Gasteiger partial charge on any atom is 0.270 e. The van der Waals surface area contributed by atoms with Gasteiger partial charge in [-0.1, -0.05) is 0 Å². The zero-order chi connectivity index (χ0) is 17.7. The van der Waals surface area contributed by atoms with Crippen LogP contribution in [0.4, 0.5) is 5.69 Å². The van der Waals surface area contributed by atoms with Gasteiger partial charge in [0.15, 0.2) is 0 Å². The SMILES string of the molecule is CC(=O)N[C@H]1CCCN(Cc2cc([N+](=O)[O-])ccc2OC(C)C)C1. The van der Waals surface area contributed by atoms with Gasteiger partial charge in [0.1, 0.15) is 5.75 Å². The molecule has 0 spiro atoms. The van der Waals surface area contributed by atoms with E-state index in [0.717, 1.165) is 31.5 Å². The summed E-state index contributed by atoms with van der Waals surface area (Å²) in [6, 6.07) is 4.85. The molecule has 0 bridgehead atoms. The number of nitrogens with one attached hydrogen (secondary N) is 1. The summed E-state index contributed by atoms with van der Waals surface area (Å²) in [4.78, 5) is 24.1. The molecule has 1 fully saturated rings. The van der Waals surface area contributed by atoms with Gasteiger partial charge in [-0.15, -0.1) is 0 Å². The van der Waals surface area contributed by atoms with E-state index < -0.39 is 0 Å². The van der Waals surface area contributed by atoms with E-state index in [4.69, 9.17) is 4.74 Å². The number of likely N-dealkylation sites (tertiary alicyclic amines) is 1. The first-order valence-corrected chi connectivity index (χ1v) is 8.28. The quantitative estimate of drug-likeness (QED) is 0.638. The predicted molar refractivity (Wildman–Crippen MR) is 91.0 cm³/mol. The van der Waals surface area contributed by atoms with E-state index in [2.05, 4.69) is 10.2 Å². The third-order valence-corrected chi connectivity index (χ3v) is 3.92. The third-order valence-electron chi connectivity index (χ3n) is 3.92. The molecule has 0 saturated carbocycles. The molecule has 1 aromatic carbocycles. The predicted octanol–water partition coefficient (Wildman–Crippen LogP) is 2.48. The molecule has 0 radical (unpaired) electrons. The molecule has 1 aliphatic rings. The highest BCUT2D eigenvalue weighted by molar-refractivity contribution is 5.73. The average Bonchev–Trinajstić information content (AvgIpc) is 2.48. The number of amides is 1.